The highest BCUT2D eigenvalue weighted by Gasteiger charge is 2.24. The van der Waals surface area contributed by atoms with Gasteiger partial charge in [-0.2, -0.15) is 0 Å². The number of esters is 1. The molecule has 2 aromatic carbocycles. The van der Waals surface area contributed by atoms with Crippen LogP contribution < -0.4 is 4.74 Å². The molecule has 0 aliphatic heterocycles. The second kappa shape index (κ2) is 22.7. The molecular formula is C35H54NO8P. The summed E-state index contributed by atoms with van der Waals surface area (Å²) in [5, 5.41) is 11.7. The maximum atomic E-state index is 12.8. The van der Waals surface area contributed by atoms with E-state index in [2.05, 4.69) is 6.92 Å². The summed E-state index contributed by atoms with van der Waals surface area (Å²) in [6.45, 7) is 6.53. The number of hydrogen-bond acceptors (Lipinski definition) is 8. The van der Waals surface area contributed by atoms with Crippen molar-refractivity contribution < 1.29 is 32.8 Å². The van der Waals surface area contributed by atoms with Crippen LogP contribution in [0.25, 0.3) is 0 Å². The number of rotatable bonds is 26. The lowest BCUT2D eigenvalue weighted by Crippen LogP contribution is -2.07. The van der Waals surface area contributed by atoms with Gasteiger partial charge >= 0.3 is 13.6 Å². The fraction of sp³-hybridized carbons (Fsp3) is 0.629. The van der Waals surface area contributed by atoms with Crippen molar-refractivity contribution in [1.82, 2.24) is 0 Å². The quantitative estimate of drug-likeness (QED) is 0.0326. The smallest absolute Gasteiger partial charge is 0.338 e. The lowest BCUT2D eigenvalue weighted by atomic mass is 10.0. The second-order valence-corrected chi connectivity index (χ2v) is 13.4. The van der Waals surface area contributed by atoms with Gasteiger partial charge in [0, 0.05) is 0 Å². The van der Waals surface area contributed by atoms with Crippen molar-refractivity contribution in [3.63, 3.8) is 0 Å². The topological polar surface area (TPSA) is 114 Å². The number of carbonyl (C=O) groups is 1. The van der Waals surface area contributed by atoms with Crippen LogP contribution in [0, 0.1) is 10.1 Å². The SMILES string of the molecule is CCCCCCCCCCCCCCCCOc1ccc(COC(=O)c2ccc(CP(=O)(OCC)OCC)cc2)c([N+](=O)[O-])c1. The van der Waals surface area contributed by atoms with Crippen LogP contribution >= 0.6 is 7.60 Å². The summed E-state index contributed by atoms with van der Waals surface area (Å²) >= 11 is 0. The van der Waals surface area contributed by atoms with Crippen molar-refractivity contribution in [3.05, 3.63) is 69.3 Å². The molecule has 0 aliphatic rings. The molecule has 0 bridgehead atoms. The van der Waals surface area contributed by atoms with E-state index in [1.165, 1.54) is 83.1 Å². The van der Waals surface area contributed by atoms with Crippen LogP contribution in [0.3, 0.4) is 0 Å². The zero-order chi connectivity index (χ0) is 32.8. The molecule has 0 N–H and O–H groups in total. The Kier molecular flexibility index (Phi) is 19.4. The van der Waals surface area contributed by atoms with Crippen LogP contribution in [0.4, 0.5) is 5.69 Å². The number of nitro groups is 1. The summed E-state index contributed by atoms with van der Waals surface area (Å²) < 4.78 is 34.5. The molecule has 252 valence electrons. The normalized spacial score (nSPS) is 11.4. The highest BCUT2D eigenvalue weighted by atomic mass is 31.2. The van der Waals surface area contributed by atoms with E-state index in [0.717, 1.165) is 12.8 Å². The summed E-state index contributed by atoms with van der Waals surface area (Å²) in [5.41, 5.74) is 1.09. The van der Waals surface area contributed by atoms with Crippen LogP contribution in [-0.2, 0) is 31.1 Å². The first kappa shape index (κ1) is 38.4. The van der Waals surface area contributed by atoms with E-state index >= 15 is 0 Å². The van der Waals surface area contributed by atoms with Gasteiger partial charge in [-0.25, -0.2) is 4.79 Å². The molecule has 9 nitrogen and oxygen atoms in total. The molecule has 0 aromatic heterocycles. The molecule has 0 saturated carbocycles. The first-order valence-corrected chi connectivity index (χ1v) is 18.6. The summed E-state index contributed by atoms with van der Waals surface area (Å²) in [4.78, 5) is 23.8. The number of nitro benzene ring substituents is 1. The molecular weight excluding hydrogens is 593 g/mol. The van der Waals surface area contributed by atoms with Crippen molar-refractivity contribution >= 4 is 19.3 Å². The maximum absolute atomic E-state index is 12.8. The van der Waals surface area contributed by atoms with Crippen LogP contribution in [0.15, 0.2) is 42.5 Å². The van der Waals surface area contributed by atoms with Crippen molar-refractivity contribution in [2.24, 2.45) is 0 Å². The molecule has 0 amide bonds. The Labute approximate surface area is 270 Å². The van der Waals surface area contributed by atoms with Crippen molar-refractivity contribution in [2.45, 2.75) is 123 Å². The van der Waals surface area contributed by atoms with E-state index in [-0.39, 0.29) is 42.8 Å². The maximum Gasteiger partial charge on any atom is 0.338 e. The Morgan fingerprint density at radius 2 is 1.29 bits per heavy atom. The number of ether oxygens (including phenoxy) is 2. The second-order valence-electron chi connectivity index (χ2n) is 11.4. The minimum absolute atomic E-state index is 0.0873. The molecule has 10 heteroatoms. The summed E-state index contributed by atoms with van der Waals surface area (Å²) in [7, 11) is -3.27. The predicted octanol–water partition coefficient (Wildman–Crippen LogP) is 10.6. The first-order valence-electron chi connectivity index (χ1n) is 16.9. The first-order chi connectivity index (χ1) is 21.8. The largest absolute Gasteiger partial charge is 0.493 e. The van der Waals surface area contributed by atoms with Crippen LogP contribution in [0.2, 0.25) is 0 Å². The highest BCUT2D eigenvalue weighted by molar-refractivity contribution is 7.53. The summed E-state index contributed by atoms with van der Waals surface area (Å²) in [5.74, 6) is -0.190. The molecule has 0 aliphatic carbocycles. The number of unbranched alkanes of at least 4 members (excludes halogenated alkanes) is 13. The lowest BCUT2D eigenvalue weighted by Gasteiger charge is -2.17. The van der Waals surface area contributed by atoms with Crippen molar-refractivity contribution in [1.29, 1.82) is 0 Å². The van der Waals surface area contributed by atoms with Gasteiger partial charge in [-0.15, -0.1) is 0 Å². The van der Waals surface area contributed by atoms with E-state index in [9.17, 15) is 19.5 Å². The van der Waals surface area contributed by atoms with Gasteiger partial charge in [0.05, 0.1) is 48.1 Å². The molecule has 2 aromatic rings. The third kappa shape index (κ3) is 15.9. The lowest BCUT2D eigenvalue weighted by molar-refractivity contribution is -0.385. The van der Waals surface area contributed by atoms with Gasteiger partial charge in [-0.1, -0.05) is 103 Å². The van der Waals surface area contributed by atoms with Gasteiger partial charge in [-0.05, 0) is 50.1 Å². The standard InChI is InChI=1S/C35H54NO8P/c1-4-7-8-9-10-11-12-13-14-15-16-17-18-19-26-41-33-25-24-32(34(27-33)36(38)39)28-42-35(37)31-22-20-30(21-23-31)29-45(40,43-5-2)44-6-3/h20-25,27H,4-19,26,28-29H2,1-3H3. The molecule has 2 rings (SSSR count). The van der Waals surface area contributed by atoms with Crippen molar-refractivity contribution in [2.75, 3.05) is 19.8 Å². The number of carbonyl (C=O) groups excluding carboxylic acids is 1. The average molecular weight is 648 g/mol. The third-order valence-corrected chi connectivity index (χ3v) is 9.65. The highest BCUT2D eigenvalue weighted by Crippen LogP contribution is 2.51. The molecule has 0 saturated heterocycles. The molecule has 0 radical (unpaired) electrons. The summed E-state index contributed by atoms with van der Waals surface area (Å²) in [6, 6.07) is 11.1. The third-order valence-electron chi connectivity index (χ3n) is 7.60. The van der Waals surface area contributed by atoms with E-state index in [4.69, 9.17) is 18.5 Å². The monoisotopic (exact) mass is 647 g/mol. The van der Waals surface area contributed by atoms with E-state index in [1.54, 1.807) is 50.2 Å². The zero-order valence-corrected chi connectivity index (χ0v) is 28.5. The average Bonchev–Trinajstić information content (AvgIpc) is 3.02. The number of benzene rings is 2. The minimum atomic E-state index is -3.27. The van der Waals surface area contributed by atoms with E-state index in [1.807, 2.05) is 0 Å². The number of hydrogen-bond donors (Lipinski definition) is 0. The van der Waals surface area contributed by atoms with Gasteiger partial charge in [0.1, 0.15) is 12.4 Å². The molecule has 0 heterocycles. The molecule has 0 atom stereocenters. The summed E-state index contributed by atoms with van der Waals surface area (Å²) in [6.07, 6.45) is 18.0. The van der Waals surface area contributed by atoms with Crippen LogP contribution in [0.5, 0.6) is 5.75 Å². The molecule has 0 unspecified atom stereocenters. The Hall–Kier alpha value is -2.74. The van der Waals surface area contributed by atoms with E-state index in [0.29, 0.717) is 17.9 Å². The Morgan fingerprint density at radius 3 is 1.80 bits per heavy atom. The predicted molar refractivity (Wildman–Crippen MR) is 179 cm³/mol. The fourth-order valence-electron chi connectivity index (χ4n) is 5.13. The van der Waals surface area contributed by atoms with Gasteiger partial charge < -0.3 is 18.5 Å². The van der Waals surface area contributed by atoms with Crippen LogP contribution in [-0.4, -0.2) is 30.7 Å². The van der Waals surface area contributed by atoms with Gasteiger partial charge in [-0.3, -0.25) is 14.7 Å². The Morgan fingerprint density at radius 1 is 0.756 bits per heavy atom. The fourth-order valence-corrected chi connectivity index (χ4v) is 6.83. The Bertz CT molecular complexity index is 1160. The minimum Gasteiger partial charge on any atom is -0.493 e. The zero-order valence-electron chi connectivity index (χ0n) is 27.6. The number of nitrogens with zero attached hydrogens (tertiary/aromatic N) is 1. The molecule has 45 heavy (non-hydrogen) atoms. The van der Waals surface area contributed by atoms with Crippen molar-refractivity contribution in [3.8, 4) is 5.75 Å². The molecule has 0 fully saturated rings. The van der Waals surface area contributed by atoms with Gasteiger partial charge in [0.15, 0.2) is 0 Å². The van der Waals surface area contributed by atoms with E-state index < -0.39 is 18.5 Å². The van der Waals surface area contributed by atoms with Gasteiger partial charge in [0.2, 0.25) is 0 Å². The Balaban J connectivity index is 1.70. The van der Waals surface area contributed by atoms with Gasteiger partial charge in [0.25, 0.3) is 5.69 Å². The van der Waals surface area contributed by atoms with Crippen LogP contribution in [0.1, 0.15) is 132 Å². The molecule has 0 spiro atoms.